The first kappa shape index (κ1) is 15.1. The molecule has 2 rings (SSSR count). The Balaban J connectivity index is 1.96. The Morgan fingerprint density at radius 3 is 2.89 bits per heavy atom. The van der Waals surface area contributed by atoms with Crippen molar-refractivity contribution in [3.63, 3.8) is 0 Å². The largest absolute Gasteiger partial charge is 0.378 e. The zero-order valence-corrected chi connectivity index (χ0v) is 12.8. The number of benzene rings is 1. The van der Waals surface area contributed by atoms with Gasteiger partial charge >= 0.3 is 0 Å². The molecular formula is C15H21Cl2NO. The van der Waals surface area contributed by atoms with E-state index >= 15 is 0 Å². The van der Waals surface area contributed by atoms with Crippen molar-refractivity contribution in [1.29, 1.82) is 0 Å². The Morgan fingerprint density at radius 2 is 2.21 bits per heavy atom. The first-order valence-electron chi connectivity index (χ1n) is 6.92. The molecule has 0 aliphatic carbocycles. The highest BCUT2D eigenvalue weighted by Gasteiger charge is 2.19. The quantitative estimate of drug-likeness (QED) is 0.885. The molecule has 19 heavy (non-hydrogen) atoms. The molecule has 2 unspecified atom stereocenters. The van der Waals surface area contributed by atoms with Crippen molar-refractivity contribution in [2.24, 2.45) is 0 Å². The average molecular weight is 302 g/mol. The SMILES string of the molecule is CNC(Cc1cccc(Cl)c1Cl)CC1CCCCO1. The van der Waals surface area contributed by atoms with Crippen LogP contribution in [0.15, 0.2) is 18.2 Å². The summed E-state index contributed by atoms with van der Waals surface area (Å²) >= 11 is 12.3. The Kier molecular flexibility index (Phi) is 5.96. The summed E-state index contributed by atoms with van der Waals surface area (Å²) in [5, 5.41) is 4.67. The summed E-state index contributed by atoms with van der Waals surface area (Å²) in [5.74, 6) is 0. The predicted octanol–water partition coefficient (Wildman–Crippen LogP) is 4.08. The van der Waals surface area contributed by atoms with E-state index in [1.54, 1.807) is 0 Å². The Morgan fingerprint density at radius 1 is 1.37 bits per heavy atom. The van der Waals surface area contributed by atoms with E-state index in [9.17, 15) is 0 Å². The van der Waals surface area contributed by atoms with E-state index in [-0.39, 0.29) is 0 Å². The van der Waals surface area contributed by atoms with Crippen LogP contribution in [0, 0.1) is 0 Å². The first-order chi connectivity index (χ1) is 9.20. The van der Waals surface area contributed by atoms with Gasteiger partial charge in [0.25, 0.3) is 0 Å². The number of likely N-dealkylation sites (N-methyl/N-ethyl adjacent to an activating group) is 1. The molecule has 1 saturated heterocycles. The summed E-state index contributed by atoms with van der Waals surface area (Å²) in [6, 6.07) is 6.19. The Hall–Kier alpha value is -0.280. The molecule has 0 saturated carbocycles. The van der Waals surface area contributed by atoms with Crippen molar-refractivity contribution in [3.05, 3.63) is 33.8 Å². The molecule has 0 aromatic heterocycles. The molecule has 4 heteroatoms. The zero-order valence-electron chi connectivity index (χ0n) is 11.3. The van der Waals surface area contributed by atoms with Gasteiger partial charge in [-0.2, -0.15) is 0 Å². The summed E-state index contributed by atoms with van der Waals surface area (Å²) < 4.78 is 5.80. The maximum Gasteiger partial charge on any atom is 0.0624 e. The van der Waals surface area contributed by atoms with Crippen LogP contribution in [0.4, 0.5) is 0 Å². The summed E-state index contributed by atoms with van der Waals surface area (Å²) in [6.45, 7) is 0.902. The van der Waals surface area contributed by atoms with Crippen LogP contribution in [0.3, 0.4) is 0 Å². The van der Waals surface area contributed by atoms with Gasteiger partial charge in [0.1, 0.15) is 0 Å². The fourth-order valence-corrected chi connectivity index (χ4v) is 2.98. The van der Waals surface area contributed by atoms with Gasteiger partial charge in [-0.25, -0.2) is 0 Å². The zero-order chi connectivity index (χ0) is 13.7. The smallest absolute Gasteiger partial charge is 0.0624 e. The third-order valence-corrected chi connectivity index (χ3v) is 4.59. The lowest BCUT2D eigenvalue weighted by Crippen LogP contribution is -2.34. The van der Waals surface area contributed by atoms with Crippen molar-refractivity contribution < 1.29 is 4.74 Å². The molecule has 1 aromatic carbocycles. The number of hydrogen-bond donors (Lipinski definition) is 1. The second kappa shape index (κ2) is 7.49. The van der Waals surface area contributed by atoms with E-state index in [4.69, 9.17) is 27.9 Å². The van der Waals surface area contributed by atoms with Gasteiger partial charge < -0.3 is 10.1 Å². The van der Waals surface area contributed by atoms with Crippen LogP contribution in [0.5, 0.6) is 0 Å². The van der Waals surface area contributed by atoms with E-state index in [2.05, 4.69) is 5.32 Å². The number of ether oxygens (including phenoxy) is 1. The highest BCUT2D eigenvalue weighted by Crippen LogP contribution is 2.27. The van der Waals surface area contributed by atoms with Gasteiger partial charge in [0, 0.05) is 12.6 Å². The molecule has 1 N–H and O–H groups in total. The standard InChI is InChI=1S/C15H21Cl2NO/c1-18-12(10-13-6-2-3-8-19-13)9-11-5-4-7-14(16)15(11)17/h4-5,7,12-13,18H,2-3,6,8-10H2,1H3. The van der Waals surface area contributed by atoms with Gasteiger partial charge in [-0.3, -0.25) is 0 Å². The van der Waals surface area contributed by atoms with Gasteiger partial charge in [0.05, 0.1) is 16.1 Å². The van der Waals surface area contributed by atoms with Gasteiger partial charge in [-0.15, -0.1) is 0 Å². The molecule has 1 fully saturated rings. The highest BCUT2D eigenvalue weighted by molar-refractivity contribution is 6.42. The van der Waals surface area contributed by atoms with Gasteiger partial charge in [-0.05, 0) is 50.8 Å². The summed E-state index contributed by atoms with van der Waals surface area (Å²) in [6.07, 6.45) is 5.93. The van der Waals surface area contributed by atoms with Crippen molar-refractivity contribution in [1.82, 2.24) is 5.32 Å². The summed E-state index contributed by atoms with van der Waals surface area (Å²) in [7, 11) is 1.99. The van der Waals surface area contributed by atoms with Gasteiger partial charge in [0.15, 0.2) is 0 Å². The predicted molar refractivity (Wildman–Crippen MR) is 81.2 cm³/mol. The van der Waals surface area contributed by atoms with Gasteiger partial charge in [-0.1, -0.05) is 35.3 Å². The lowest BCUT2D eigenvalue weighted by Gasteiger charge is -2.27. The first-order valence-corrected chi connectivity index (χ1v) is 7.68. The van der Waals surface area contributed by atoms with E-state index in [1.807, 2.05) is 25.2 Å². The molecule has 1 aliphatic heterocycles. The van der Waals surface area contributed by atoms with Crippen LogP contribution < -0.4 is 5.32 Å². The maximum atomic E-state index is 6.25. The van der Waals surface area contributed by atoms with E-state index < -0.39 is 0 Å². The highest BCUT2D eigenvalue weighted by atomic mass is 35.5. The minimum atomic E-state index is 0.374. The second-order valence-corrected chi connectivity index (χ2v) is 5.91. The molecule has 106 valence electrons. The minimum Gasteiger partial charge on any atom is -0.378 e. The third kappa shape index (κ3) is 4.35. The maximum absolute atomic E-state index is 6.25. The van der Waals surface area contributed by atoms with E-state index in [0.29, 0.717) is 22.2 Å². The molecule has 2 atom stereocenters. The van der Waals surface area contributed by atoms with Crippen molar-refractivity contribution in [3.8, 4) is 0 Å². The van der Waals surface area contributed by atoms with Crippen LogP contribution >= 0.6 is 23.2 Å². The molecular weight excluding hydrogens is 281 g/mol. The summed E-state index contributed by atoms with van der Waals surface area (Å²) in [5.41, 5.74) is 1.10. The van der Waals surface area contributed by atoms with Crippen LogP contribution in [0.1, 0.15) is 31.2 Å². The lowest BCUT2D eigenvalue weighted by atomic mass is 9.97. The van der Waals surface area contributed by atoms with Crippen molar-refractivity contribution in [2.45, 2.75) is 44.2 Å². The molecule has 2 nitrogen and oxygen atoms in total. The number of rotatable bonds is 5. The fourth-order valence-electron chi connectivity index (χ4n) is 2.59. The third-order valence-electron chi connectivity index (χ3n) is 3.73. The van der Waals surface area contributed by atoms with Crippen LogP contribution in [0.25, 0.3) is 0 Å². The van der Waals surface area contributed by atoms with Gasteiger partial charge in [0.2, 0.25) is 0 Å². The molecule has 0 amide bonds. The molecule has 1 heterocycles. The molecule has 0 bridgehead atoms. The second-order valence-electron chi connectivity index (χ2n) is 5.13. The molecule has 1 aliphatic rings. The topological polar surface area (TPSA) is 21.3 Å². The molecule has 1 aromatic rings. The lowest BCUT2D eigenvalue weighted by molar-refractivity contribution is 0.00569. The molecule has 0 spiro atoms. The fraction of sp³-hybridized carbons (Fsp3) is 0.600. The number of halogens is 2. The van der Waals surface area contributed by atoms with Crippen molar-refractivity contribution in [2.75, 3.05) is 13.7 Å². The monoisotopic (exact) mass is 301 g/mol. The Labute approximate surface area is 125 Å². The van der Waals surface area contributed by atoms with Crippen LogP contribution in [-0.2, 0) is 11.2 Å². The van der Waals surface area contributed by atoms with E-state index in [1.165, 1.54) is 19.3 Å². The average Bonchev–Trinajstić information content (AvgIpc) is 2.44. The minimum absolute atomic E-state index is 0.374. The normalized spacial score (nSPS) is 21.3. The van der Waals surface area contributed by atoms with E-state index in [0.717, 1.165) is 25.0 Å². The molecule has 0 radical (unpaired) electrons. The van der Waals surface area contributed by atoms with Crippen LogP contribution in [-0.4, -0.2) is 25.8 Å². The Bertz CT molecular complexity index is 405. The summed E-state index contributed by atoms with van der Waals surface area (Å²) in [4.78, 5) is 0. The van der Waals surface area contributed by atoms with Crippen molar-refractivity contribution >= 4 is 23.2 Å². The van der Waals surface area contributed by atoms with Crippen LogP contribution in [0.2, 0.25) is 10.0 Å². The number of hydrogen-bond acceptors (Lipinski definition) is 2. The number of nitrogens with one attached hydrogen (secondary N) is 1.